The van der Waals surface area contributed by atoms with Gasteiger partial charge in [-0.05, 0) is 83.9 Å². The van der Waals surface area contributed by atoms with Gasteiger partial charge in [-0.25, -0.2) is 19.9 Å². The summed E-state index contributed by atoms with van der Waals surface area (Å²) in [6.07, 6.45) is 0. The lowest BCUT2D eigenvalue weighted by Gasteiger charge is -2.12. The quantitative estimate of drug-likeness (QED) is 0.130. The molecule has 0 amide bonds. The molecule has 14 heteroatoms. The van der Waals surface area contributed by atoms with Crippen molar-refractivity contribution in [1.82, 2.24) is 53.6 Å². The number of para-hydroxylation sites is 6. The molecule has 26 aromatic rings. The van der Waals surface area contributed by atoms with E-state index in [0.29, 0.717) is 41.0 Å². The number of hydrogen-bond donors (Lipinski definition) is 0. The summed E-state index contributed by atoms with van der Waals surface area (Å²) >= 11 is 1.82. The monoisotopic (exact) mass is 1610 g/mol. The van der Waals surface area contributed by atoms with Crippen LogP contribution < -0.4 is 0 Å². The van der Waals surface area contributed by atoms with Crippen LogP contribution in [0.2, 0.25) is 0 Å². The maximum atomic E-state index is 6.54. The predicted octanol–water partition coefficient (Wildman–Crippen LogP) is 28.5. The van der Waals surface area contributed by atoms with E-state index >= 15 is 0 Å². The first-order valence-electron chi connectivity index (χ1n) is 41.3. The van der Waals surface area contributed by atoms with Crippen LogP contribution in [0.25, 0.3) is 237 Å². The van der Waals surface area contributed by atoms with Crippen LogP contribution in [-0.4, -0.2) is 53.6 Å². The van der Waals surface area contributed by atoms with Gasteiger partial charge in [-0.1, -0.05) is 334 Å². The van der Waals surface area contributed by atoms with E-state index in [4.69, 9.17) is 48.7 Å². The number of hydrogen-bond acceptors (Lipinski definition) is 11. The highest BCUT2D eigenvalue weighted by Crippen LogP contribution is 2.46. The van der Waals surface area contributed by atoms with Gasteiger partial charge in [-0.3, -0.25) is 9.13 Å². The smallest absolute Gasteiger partial charge is 0.238 e. The second-order valence-corrected chi connectivity index (χ2v) is 31.9. The summed E-state index contributed by atoms with van der Waals surface area (Å²) in [5.74, 6) is 4.39. The molecule has 0 atom stereocenters. The van der Waals surface area contributed by atoms with Crippen molar-refractivity contribution >= 4 is 152 Å². The minimum atomic E-state index is 0.553. The van der Waals surface area contributed by atoms with Gasteiger partial charge < -0.3 is 13.4 Å². The minimum absolute atomic E-state index is 0.553. The van der Waals surface area contributed by atoms with E-state index in [1.54, 1.807) is 0 Å². The Balaban J connectivity index is 0.000000105. The van der Waals surface area contributed by atoms with Gasteiger partial charge in [0.25, 0.3) is 0 Å². The number of aromatic nitrogens is 11. The third-order valence-corrected chi connectivity index (χ3v) is 24.7. The molecule has 13 nitrogen and oxygen atoms in total. The lowest BCUT2D eigenvalue weighted by Crippen LogP contribution is -2.06. The van der Waals surface area contributed by atoms with E-state index in [0.717, 1.165) is 160 Å². The fourth-order valence-corrected chi connectivity index (χ4v) is 19.1. The summed E-state index contributed by atoms with van der Waals surface area (Å²) < 4.78 is 22.2. The normalized spacial score (nSPS) is 11.7. The Morgan fingerprint density at radius 1 is 0.210 bits per heavy atom. The Morgan fingerprint density at radius 2 is 0.573 bits per heavy atom. The van der Waals surface area contributed by atoms with E-state index < -0.39 is 0 Å². The van der Waals surface area contributed by atoms with E-state index in [1.165, 1.54) is 36.3 Å². The Bertz CT molecular complexity index is 8640. The number of benzene rings is 17. The Kier molecular flexibility index (Phi) is 17.1. The van der Waals surface area contributed by atoms with Crippen molar-refractivity contribution in [2.75, 3.05) is 0 Å². The molecule has 0 bridgehead atoms. The van der Waals surface area contributed by atoms with Crippen LogP contribution in [0.15, 0.2) is 415 Å². The molecular weight excluding hydrogens is 1540 g/mol. The molecule has 9 aromatic heterocycles. The van der Waals surface area contributed by atoms with Crippen LogP contribution in [0, 0.1) is 0 Å². The van der Waals surface area contributed by atoms with Gasteiger partial charge in [-0.2, -0.15) is 19.9 Å². The molecule has 26 rings (SSSR count). The minimum Gasteiger partial charge on any atom is -0.454 e. The first-order valence-corrected chi connectivity index (χ1v) is 42.1. The molecule has 17 aromatic carbocycles. The summed E-state index contributed by atoms with van der Waals surface area (Å²) in [5, 5.41) is 14.9. The number of rotatable bonds is 10. The first-order chi connectivity index (χ1) is 61.5. The van der Waals surface area contributed by atoms with E-state index in [9.17, 15) is 0 Å². The Morgan fingerprint density at radius 3 is 1.11 bits per heavy atom. The zero-order valence-corrected chi connectivity index (χ0v) is 67.1. The van der Waals surface area contributed by atoms with Gasteiger partial charge >= 0.3 is 0 Å². The summed E-state index contributed by atoms with van der Waals surface area (Å²) in [7, 11) is 0. The number of fused-ring (bicyclic) bond motifs is 22. The van der Waals surface area contributed by atoms with Crippen molar-refractivity contribution in [3.63, 3.8) is 0 Å². The summed E-state index contributed by atoms with van der Waals surface area (Å²) in [4.78, 5) is 40.5. The van der Waals surface area contributed by atoms with Crippen LogP contribution in [0.1, 0.15) is 0 Å². The molecule has 0 N–H and O–H groups in total. The fourth-order valence-electron chi connectivity index (χ4n) is 17.9. The summed E-state index contributed by atoms with van der Waals surface area (Å²) in [6.45, 7) is 0. The highest BCUT2D eigenvalue weighted by molar-refractivity contribution is 7.26. The van der Waals surface area contributed by atoms with Crippen LogP contribution in [0.5, 0.6) is 0 Å². The lowest BCUT2D eigenvalue weighted by atomic mass is 10.0. The Labute approximate surface area is 712 Å². The molecule has 124 heavy (non-hydrogen) atoms. The van der Waals surface area contributed by atoms with Crippen molar-refractivity contribution in [2.45, 2.75) is 0 Å². The van der Waals surface area contributed by atoms with E-state index in [2.05, 4.69) is 268 Å². The molecule has 0 radical (unpaired) electrons. The fraction of sp³-hybridized carbons (Fsp3) is 0. The van der Waals surface area contributed by atoms with E-state index in [-0.39, 0.29) is 0 Å². The number of furan rings is 2. The average Bonchev–Trinajstić information content (AvgIpc) is 1.57. The molecule has 0 unspecified atom stereocenters. The first kappa shape index (κ1) is 71.4. The SMILES string of the molecule is c1ccc(-c2cccc(-c3nc(-c4ccccc4)nc(-n4c5ccccc5c5ccc6c7ccccc7sc6c54)n3)c2)cc1.c1ccc(-c2nc(-c3cccc(-n4c5ccccc5c5ccc6c7ccccc7oc6c54)c3)nc3ccccc23)cc1.c1ccc(-c2nc(-c3ccccc3)nc(-n3c4ccccc4c4ccc5c6ccccc6oc5c43)n2)cc1. The largest absolute Gasteiger partial charge is 0.454 e. The third-order valence-electron chi connectivity index (χ3n) is 23.5. The van der Waals surface area contributed by atoms with Gasteiger partial charge in [0.1, 0.15) is 16.7 Å². The zero-order chi connectivity index (χ0) is 81.7. The summed E-state index contributed by atoms with van der Waals surface area (Å²) in [5.41, 5.74) is 20.8. The van der Waals surface area contributed by atoms with Crippen molar-refractivity contribution < 1.29 is 8.83 Å². The van der Waals surface area contributed by atoms with Crippen molar-refractivity contribution in [1.29, 1.82) is 0 Å². The predicted molar refractivity (Wildman–Crippen MR) is 508 cm³/mol. The highest BCUT2D eigenvalue weighted by atomic mass is 32.1. The van der Waals surface area contributed by atoms with Gasteiger partial charge in [0, 0.05) is 114 Å². The second-order valence-electron chi connectivity index (χ2n) is 30.8. The van der Waals surface area contributed by atoms with Crippen LogP contribution in [0.3, 0.4) is 0 Å². The topological polar surface area (TPSA) is 144 Å². The third kappa shape index (κ3) is 12.1. The lowest BCUT2D eigenvalue weighted by molar-refractivity contribution is 0.670. The maximum Gasteiger partial charge on any atom is 0.238 e. The Hall–Kier alpha value is -16.7. The van der Waals surface area contributed by atoms with Gasteiger partial charge in [-0.15, -0.1) is 11.3 Å². The molecule has 0 saturated carbocycles. The number of nitrogens with zero attached hydrogens (tertiary/aromatic N) is 11. The highest BCUT2D eigenvalue weighted by Gasteiger charge is 2.26. The molecule has 0 aliphatic rings. The van der Waals surface area contributed by atoms with Crippen LogP contribution in [0.4, 0.5) is 0 Å². The second kappa shape index (κ2) is 29.7. The molecule has 0 aliphatic carbocycles. The van der Waals surface area contributed by atoms with Crippen molar-refractivity contribution in [3.8, 4) is 96.9 Å². The molecule has 0 saturated heterocycles. The van der Waals surface area contributed by atoms with Crippen molar-refractivity contribution in [2.24, 2.45) is 0 Å². The molecular formula is C110H67N11O2S. The standard InChI is InChI=1S/C39H24N4S.C38H23N3O.C33H20N4O/c1-3-12-25(13-4-1)27-16-11-17-28(24-27)38-40-37(26-14-5-2-6-15-26)41-39(42-38)43-33-20-9-7-18-29(33)31-22-23-32-30-19-8-10-21-34(30)44-36(32)35(31)43;1-2-11-24(12-3-1)35-31-17-4-7-18-32(31)39-38(40-35)25-13-10-14-26(23-25)41-33-19-8-5-15-27(33)29-21-22-30-28-16-6-9-20-34(28)42-37(30)36(29)41;1-3-11-21(12-4-1)31-34-32(22-13-5-2-6-14-22)36-33(35-31)37-27-17-9-7-15-23(27)25-19-20-26-24-16-8-10-18-28(24)38-30(26)29(25)37/h1-24H;1-23H;1-20H. The van der Waals surface area contributed by atoms with E-state index in [1.807, 2.05) is 163 Å². The molecule has 9 heterocycles. The van der Waals surface area contributed by atoms with Crippen LogP contribution >= 0.6 is 11.3 Å². The molecule has 0 spiro atoms. The molecule has 0 aliphatic heterocycles. The zero-order valence-electron chi connectivity index (χ0n) is 66.3. The van der Waals surface area contributed by atoms with Gasteiger partial charge in [0.15, 0.2) is 40.3 Å². The van der Waals surface area contributed by atoms with Crippen LogP contribution in [-0.2, 0) is 0 Å². The molecule has 0 fully saturated rings. The van der Waals surface area contributed by atoms with Gasteiger partial charge in [0.2, 0.25) is 11.9 Å². The number of thiophene rings is 1. The van der Waals surface area contributed by atoms with Crippen molar-refractivity contribution in [3.05, 3.63) is 406 Å². The summed E-state index contributed by atoms with van der Waals surface area (Å²) in [6, 6.07) is 140. The molecule has 580 valence electrons. The maximum absolute atomic E-state index is 6.54. The van der Waals surface area contributed by atoms with Gasteiger partial charge in [0.05, 0.1) is 43.5 Å². The average molecular weight is 1610 g/mol.